The smallest absolute Gasteiger partial charge is 0.110 e. The topological polar surface area (TPSA) is 29.9 Å². The van der Waals surface area contributed by atoms with Crippen molar-refractivity contribution in [2.45, 2.75) is 46.7 Å². The normalized spacial score (nSPS) is 14.7. The van der Waals surface area contributed by atoms with Crippen LogP contribution < -0.4 is 5.32 Å². The molecule has 1 heterocycles. The van der Waals surface area contributed by atoms with Crippen LogP contribution in [0.4, 0.5) is 0 Å². The maximum Gasteiger partial charge on any atom is 0.110 e. The standard InChI is InChI=1S/C16H25N3/c1-5-17-13(4)12(3)11-16-18-14-9-7-8-10-15(14)19(16)6-2/h7-10,12-13,17H,5-6,11H2,1-4H3. The SMILES string of the molecule is CCNC(C)C(C)Cc1nc2ccccc2n1CC. The van der Waals surface area contributed by atoms with Gasteiger partial charge in [0.15, 0.2) is 0 Å². The molecule has 3 nitrogen and oxygen atoms in total. The molecule has 0 bridgehead atoms. The number of imidazole rings is 1. The van der Waals surface area contributed by atoms with Crippen LogP contribution >= 0.6 is 0 Å². The molecule has 0 aliphatic carbocycles. The summed E-state index contributed by atoms with van der Waals surface area (Å²) in [7, 11) is 0. The van der Waals surface area contributed by atoms with Gasteiger partial charge in [0.25, 0.3) is 0 Å². The highest BCUT2D eigenvalue weighted by atomic mass is 15.1. The molecular weight excluding hydrogens is 234 g/mol. The Morgan fingerprint density at radius 3 is 2.63 bits per heavy atom. The van der Waals surface area contributed by atoms with E-state index < -0.39 is 0 Å². The van der Waals surface area contributed by atoms with Crippen LogP contribution in [0.5, 0.6) is 0 Å². The first-order valence-electron chi connectivity index (χ1n) is 7.34. The zero-order valence-corrected chi connectivity index (χ0v) is 12.5. The van der Waals surface area contributed by atoms with Crippen molar-refractivity contribution in [2.75, 3.05) is 6.54 Å². The van der Waals surface area contributed by atoms with Gasteiger partial charge in [-0.1, -0.05) is 26.0 Å². The molecule has 3 heteroatoms. The molecule has 0 amide bonds. The van der Waals surface area contributed by atoms with Crippen molar-refractivity contribution in [1.29, 1.82) is 0 Å². The molecule has 1 N–H and O–H groups in total. The Morgan fingerprint density at radius 2 is 1.95 bits per heavy atom. The van der Waals surface area contributed by atoms with Gasteiger partial charge in [-0.15, -0.1) is 0 Å². The maximum absolute atomic E-state index is 4.80. The lowest BCUT2D eigenvalue weighted by Gasteiger charge is -2.20. The number of benzene rings is 1. The summed E-state index contributed by atoms with van der Waals surface area (Å²) in [5, 5.41) is 3.50. The van der Waals surface area contributed by atoms with Crippen molar-refractivity contribution in [2.24, 2.45) is 5.92 Å². The minimum atomic E-state index is 0.523. The quantitative estimate of drug-likeness (QED) is 0.863. The summed E-state index contributed by atoms with van der Waals surface area (Å²) in [6, 6.07) is 8.93. The average molecular weight is 259 g/mol. The van der Waals surface area contributed by atoms with Gasteiger partial charge in [-0.05, 0) is 38.4 Å². The third-order valence-corrected chi connectivity index (χ3v) is 3.93. The van der Waals surface area contributed by atoms with Gasteiger partial charge in [-0.3, -0.25) is 0 Å². The molecule has 1 aromatic heterocycles. The van der Waals surface area contributed by atoms with Crippen LogP contribution in [0.1, 0.15) is 33.5 Å². The van der Waals surface area contributed by atoms with Gasteiger partial charge in [0, 0.05) is 19.0 Å². The molecule has 0 radical (unpaired) electrons. The lowest BCUT2D eigenvalue weighted by molar-refractivity contribution is 0.396. The monoisotopic (exact) mass is 259 g/mol. The van der Waals surface area contributed by atoms with Gasteiger partial charge in [0.1, 0.15) is 5.82 Å². The molecule has 0 saturated carbocycles. The highest BCUT2D eigenvalue weighted by Gasteiger charge is 2.16. The van der Waals surface area contributed by atoms with Crippen LogP contribution in [0.2, 0.25) is 0 Å². The number of nitrogens with one attached hydrogen (secondary N) is 1. The number of rotatable bonds is 6. The predicted molar refractivity (Wildman–Crippen MR) is 81.4 cm³/mol. The van der Waals surface area contributed by atoms with Gasteiger partial charge in [-0.25, -0.2) is 4.98 Å². The van der Waals surface area contributed by atoms with Crippen LogP contribution in [0.25, 0.3) is 11.0 Å². The average Bonchev–Trinajstić information content (AvgIpc) is 2.75. The minimum Gasteiger partial charge on any atom is -0.328 e. The van der Waals surface area contributed by atoms with Gasteiger partial charge >= 0.3 is 0 Å². The maximum atomic E-state index is 4.80. The second-order valence-corrected chi connectivity index (χ2v) is 5.29. The molecule has 0 spiro atoms. The Labute approximate surface area is 116 Å². The van der Waals surface area contributed by atoms with E-state index in [1.807, 2.05) is 0 Å². The van der Waals surface area contributed by atoms with E-state index in [0.29, 0.717) is 12.0 Å². The highest BCUT2D eigenvalue weighted by molar-refractivity contribution is 5.75. The number of para-hydroxylation sites is 2. The van der Waals surface area contributed by atoms with Crippen LogP contribution in [-0.2, 0) is 13.0 Å². The molecule has 19 heavy (non-hydrogen) atoms. The van der Waals surface area contributed by atoms with Crippen LogP contribution in [0.3, 0.4) is 0 Å². The van der Waals surface area contributed by atoms with Crippen LogP contribution in [0, 0.1) is 5.92 Å². The predicted octanol–water partition coefficient (Wildman–Crippen LogP) is 3.23. The zero-order chi connectivity index (χ0) is 13.8. The van der Waals surface area contributed by atoms with E-state index in [1.54, 1.807) is 0 Å². The Morgan fingerprint density at radius 1 is 1.21 bits per heavy atom. The van der Waals surface area contributed by atoms with E-state index in [0.717, 1.165) is 25.0 Å². The highest BCUT2D eigenvalue weighted by Crippen LogP contribution is 2.19. The lowest BCUT2D eigenvalue weighted by Crippen LogP contribution is -2.33. The summed E-state index contributed by atoms with van der Waals surface area (Å²) in [4.78, 5) is 4.80. The summed E-state index contributed by atoms with van der Waals surface area (Å²) in [5.41, 5.74) is 2.37. The van der Waals surface area contributed by atoms with Crippen molar-refractivity contribution in [3.63, 3.8) is 0 Å². The molecule has 0 fully saturated rings. The molecule has 2 rings (SSSR count). The van der Waals surface area contributed by atoms with Crippen molar-refractivity contribution in [1.82, 2.24) is 14.9 Å². The molecular formula is C16H25N3. The fourth-order valence-corrected chi connectivity index (χ4v) is 2.62. The van der Waals surface area contributed by atoms with Crippen LogP contribution in [-0.4, -0.2) is 22.1 Å². The van der Waals surface area contributed by atoms with Crippen molar-refractivity contribution < 1.29 is 0 Å². The van der Waals surface area contributed by atoms with E-state index in [4.69, 9.17) is 4.98 Å². The van der Waals surface area contributed by atoms with Gasteiger partial charge in [0.2, 0.25) is 0 Å². The Hall–Kier alpha value is -1.35. The Balaban J connectivity index is 2.24. The summed E-state index contributed by atoms with van der Waals surface area (Å²) in [5.74, 6) is 1.79. The van der Waals surface area contributed by atoms with E-state index in [9.17, 15) is 0 Å². The number of fused-ring (bicyclic) bond motifs is 1. The van der Waals surface area contributed by atoms with E-state index in [1.165, 1.54) is 11.3 Å². The number of aryl methyl sites for hydroxylation is 1. The largest absolute Gasteiger partial charge is 0.328 e. The summed E-state index contributed by atoms with van der Waals surface area (Å²) >= 11 is 0. The summed E-state index contributed by atoms with van der Waals surface area (Å²) in [6.07, 6.45) is 1.02. The number of hydrogen-bond donors (Lipinski definition) is 1. The lowest BCUT2D eigenvalue weighted by atomic mass is 9.99. The third-order valence-electron chi connectivity index (χ3n) is 3.93. The molecule has 0 aliphatic rings. The second kappa shape index (κ2) is 6.20. The van der Waals surface area contributed by atoms with Crippen molar-refractivity contribution >= 4 is 11.0 Å². The first kappa shape index (κ1) is 14.1. The van der Waals surface area contributed by atoms with E-state index >= 15 is 0 Å². The number of nitrogens with zero attached hydrogens (tertiary/aromatic N) is 2. The summed E-state index contributed by atoms with van der Waals surface area (Å²) < 4.78 is 2.34. The van der Waals surface area contributed by atoms with Crippen molar-refractivity contribution in [3.8, 4) is 0 Å². The molecule has 2 atom stereocenters. The fourth-order valence-electron chi connectivity index (χ4n) is 2.62. The second-order valence-electron chi connectivity index (χ2n) is 5.29. The van der Waals surface area contributed by atoms with E-state index in [2.05, 4.69) is 61.8 Å². The molecule has 2 unspecified atom stereocenters. The third kappa shape index (κ3) is 2.98. The Bertz CT molecular complexity index is 530. The van der Waals surface area contributed by atoms with Crippen LogP contribution in [0.15, 0.2) is 24.3 Å². The first-order valence-corrected chi connectivity index (χ1v) is 7.34. The van der Waals surface area contributed by atoms with Gasteiger partial charge < -0.3 is 9.88 Å². The Kier molecular flexibility index (Phi) is 4.59. The molecule has 0 saturated heterocycles. The fraction of sp³-hybridized carbons (Fsp3) is 0.562. The number of hydrogen-bond acceptors (Lipinski definition) is 2. The zero-order valence-electron chi connectivity index (χ0n) is 12.5. The molecule has 1 aromatic carbocycles. The molecule has 2 aromatic rings. The van der Waals surface area contributed by atoms with Crippen molar-refractivity contribution in [3.05, 3.63) is 30.1 Å². The molecule has 104 valence electrons. The summed E-state index contributed by atoms with van der Waals surface area (Å²) in [6.45, 7) is 10.9. The van der Waals surface area contributed by atoms with E-state index in [-0.39, 0.29) is 0 Å². The van der Waals surface area contributed by atoms with Gasteiger partial charge in [-0.2, -0.15) is 0 Å². The van der Waals surface area contributed by atoms with Gasteiger partial charge in [0.05, 0.1) is 11.0 Å². The minimum absolute atomic E-state index is 0.523. The number of aromatic nitrogens is 2. The first-order chi connectivity index (χ1) is 9.17. The molecule has 0 aliphatic heterocycles.